The van der Waals surface area contributed by atoms with Gasteiger partial charge in [-0.15, -0.1) is 0 Å². The predicted molar refractivity (Wildman–Crippen MR) is 86.4 cm³/mol. The summed E-state index contributed by atoms with van der Waals surface area (Å²) >= 11 is 6.04. The molecule has 0 saturated heterocycles. The van der Waals surface area contributed by atoms with Gasteiger partial charge in [0.05, 0.1) is 22.7 Å². The van der Waals surface area contributed by atoms with Gasteiger partial charge in [-0.3, -0.25) is 14.9 Å². The fourth-order valence-electron chi connectivity index (χ4n) is 2.14. The van der Waals surface area contributed by atoms with Crippen LogP contribution in [-0.4, -0.2) is 29.0 Å². The highest BCUT2D eigenvalue weighted by Crippen LogP contribution is 2.27. The van der Waals surface area contributed by atoms with E-state index in [0.717, 1.165) is 6.20 Å². The average Bonchev–Trinajstić information content (AvgIpc) is 2.50. The van der Waals surface area contributed by atoms with Crippen molar-refractivity contribution in [2.75, 3.05) is 19.1 Å². The number of hydrogen-bond donors (Lipinski definition) is 1. The van der Waals surface area contributed by atoms with E-state index < -0.39 is 4.92 Å². The lowest BCUT2D eigenvalue weighted by atomic mass is 10.2. The Morgan fingerprint density at radius 3 is 2.78 bits per heavy atom. The van der Waals surface area contributed by atoms with Crippen LogP contribution in [0.4, 0.5) is 11.5 Å². The van der Waals surface area contributed by atoms with E-state index >= 15 is 0 Å². The van der Waals surface area contributed by atoms with Gasteiger partial charge in [-0.05, 0) is 6.92 Å². The first kappa shape index (κ1) is 16.8. The highest BCUT2D eigenvalue weighted by molar-refractivity contribution is 6.33. The van der Waals surface area contributed by atoms with E-state index in [4.69, 9.17) is 16.3 Å². The van der Waals surface area contributed by atoms with Crippen LogP contribution in [0.5, 0.6) is 5.75 Å². The van der Waals surface area contributed by atoms with Crippen LogP contribution in [0.3, 0.4) is 0 Å². The fraction of sp³-hybridized carbons (Fsp3) is 0.286. The van der Waals surface area contributed by atoms with Crippen LogP contribution in [0.15, 0.2) is 23.3 Å². The van der Waals surface area contributed by atoms with Gasteiger partial charge in [0.1, 0.15) is 12.0 Å². The lowest BCUT2D eigenvalue weighted by Crippen LogP contribution is -2.24. The Balaban J connectivity index is 2.31. The lowest BCUT2D eigenvalue weighted by molar-refractivity contribution is -0.385. The molecule has 0 spiro atoms. The number of aromatic amines is 1. The molecule has 2 rings (SSSR count). The Morgan fingerprint density at radius 2 is 2.22 bits per heavy atom. The molecule has 0 radical (unpaired) electrons. The van der Waals surface area contributed by atoms with Crippen LogP contribution in [0.1, 0.15) is 11.3 Å². The number of aryl methyl sites for hydroxylation is 1. The van der Waals surface area contributed by atoms with E-state index in [9.17, 15) is 14.9 Å². The number of hydrogen-bond acceptors (Lipinski definition) is 6. The van der Waals surface area contributed by atoms with Gasteiger partial charge in [0, 0.05) is 31.4 Å². The number of H-pyrrole nitrogens is 1. The molecule has 0 amide bonds. The number of anilines is 1. The minimum atomic E-state index is -0.571. The van der Waals surface area contributed by atoms with Crippen LogP contribution in [0.2, 0.25) is 5.02 Å². The molecule has 2 heterocycles. The molecule has 23 heavy (non-hydrogen) atoms. The quantitative estimate of drug-likeness (QED) is 0.663. The van der Waals surface area contributed by atoms with Crippen molar-refractivity contribution in [3.05, 3.63) is 55.1 Å². The Bertz CT molecular complexity index is 806. The number of methoxy groups -OCH3 is 1. The molecular weight excluding hydrogens is 324 g/mol. The molecule has 0 fully saturated rings. The highest BCUT2D eigenvalue weighted by Gasteiger charge is 2.16. The highest BCUT2D eigenvalue weighted by atomic mass is 35.5. The second-order valence-electron chi connectivity index (χ2n) is 4.91. The van der Waals surface area contributed by atoms with Crippen molar-refractivity contribution in [3.63, 3.8) is 0 Å². The summed E-state index contributed by atoms with van der Waals surface area (Å²) in [6, 6.07) is 1.22. The molecule has 0 saturated carbocycles. The number of ether oxygens (including phenoxy) is 1. The SMILES string of the molecule is COc1c(C)[nH]cc(CN(C)c2ncc([N+](=O)[O-])cc2Cl)c1=O. The fourth-order valence-corrected chi connectivity index (χ4v) is 2.44. The van der Waals surface area contributed by atoms with Gasteiger partial charge < -0.3 is 14.6 Å². The maximum absolute atomic E-state index is 12.3. The molecule has 0 unspecified atom stereocenters. The maximum Gasteiger partial charge on any atom is 0.289 e. The zero-order chi connectivity index (χ0) is 17.1. The monoisotopic (exact) mass is 338 g/mol. The Labute approximate surface area is 136 Å². The number of rotatable bonds is 5. The van der Waals surface area contributed by atoms with Gasteiger partial charge in [0.25, 0.3) is 5.69 Å². The lowest BCUT2D eigenvalue weighted by Gasteiger charge is -2.19. The summed E-state index contributed by atoms with van der Waals surface area (Å²) < 4.78 is 5.09. The summed E-state index contributed by atoms with van der Waals surface area (Å²) in [5, 5.41) is 10.8. The molecule has 8 nitrogen and oxygen atoms in total. The topological polar surface area (TPSA) is 101 Å². The second kappa shape index (κ2) is 6.66. The standard InChI is InChI=1S/C14H15ClN4O4/c1-8-13(23-3)12(20)9(5-16-8)7-18(2)14-11(15)4-10(6-17-14)19(21)22/h4-6H,7H2,1-3H3,(H,16,20). The summed E-state index contributed by atoms with van der Waals surface area (Å²) in [6.07, 6.45) is 2.72. The van der Waals surface area contributed by atoms with E-state index in [1.165, 1.54) is 13.2 Å². The van der Waals surface area contributed by atoms with Crippen LogP contribution in [-0.2, 0) is 6.54 Å². The first-order valence-electron chi connectivity index (χ1n) is 6.61. The number of nitro groups is 1. The van der Waals surface area contributed by atoms with Crippen molar-refractivity contribution >= 4 is 23.1 Å². The number of pyridine rings is 2. The van der Waals surface area contributed by atoms with Gasteiger partial charge in [-0.2, -0.15) is 0 Å². The minimum Gasteiger partial charge on any atom is -0.491 e. The molecule has 122 valence electrons. The third kappa shape index (κ3) is 3.42. The first-order valence-corrected chi connectivity index (χ1v) is 6.99. The molecule has 0 aliphatic carbocycles. The molecule has 2 aromatic rings. The van der Waals surface area contributed by atoms with Crippen molar-refractivity contribution in [1.29, 1.82) is 0 Å². The number of nitrogens with one attached hydrogen (secondary N) is 1. The molecule has 9 heteroatoms. The van der Waals surface area contributed by atoms with Gasteiger partial charge in [-0.25, -0.2) is 4.98 Å². The van der Waals surface area contributed by atoms with Gasteiger partial charge in [0.2, 0.25) is 5.43 Å². The Kier molecular flexibility index (Phi) is 4.85. The molecule has 1 N–H and O–H groups in total. The molecule has 2 aromatic heterocycles. The molecule has 0 aliphatic heterocycles. The van der Waals surface area contributed by atoms with E-state index in [-0.39, 0.29) is 28.4 Å². The molecule has 0 bridgehead atoms. The Hall–Kier alpha value is -2.61. The molecular formula is C14H15ClN4O4. The number of aromatic nitrogens is 2. The zero-order valence-electron chi connectivity index (χ0n) is 12.8. The van der Waals surface area contributed by atoms with Crippen molar-refractivity contribution in [3.8, 4) is 5.75 Å². The molecule has 0 aromatic carbocycles. The van der Waals surface area contributed by atoms with Crippen molar-refractivity contribution < 1.29 is 9.66 Å². The van der Waals surface area contributed by atoms with Crippen molar-refractivity contribution in [2.24, 2.45) is 0 Å². The smallest absolute Gasteiger partial charge is 0.289 e. The summed E-state index contributed by atoms with van der Waals surface area (Å²) in [5.41, 5.74) is 0.678. The van der Waals surface area contributed by atoms with E-state index in [1.807, 2.05) is 0 Å². The van der Waals surface area contributed by atoms with Gasteiger partial charge in [-0.1, -0.05) is 11.6 Å². The summed E-state index contributed by atoms with van der Waals surface area (Å²) in [7, 11) is 3.12. The van der Waals surface area contributed by atoms with Crippen LogP contribution >= 0.6 is 11.6 Å². The third-order valence-electron chi connectivity index (χ3n) is 3.29. The predicted octanol–water partition coefficient (Wildman–Crippen LogP) is 2.28. The molecule has 0 atom stereocenters. The van der Waals surface area contributed by atoms with E-state index in [0.29, 0.717) is 17.1 Å². The second-order valence-corrected chi connectivity index (χ2v) is 5.32. The van der Waals surface area contributed by atoms with Gasteiger partial charge in [0.15, 0.2) is 5.75 Å². The summed E-state index contributed by atoms with van der Waals surface area (Å²) in [4.78, 5) is 31.0. The largest absolute Gasteiger partial charge is 0.491 e. The third-order valence-corrected chi connectivity index (χ3v) is 3.57. The van der Waals surface area contributed by atoms with Crippen LogP contribution in [0.25, 0.3) is 0 Å². The van der Waals surface area contributed by atoms with Crippen LogP contribution in [0, 0.1) is 17.0 Å². The number of nitrogens with zero attached hydrogens (tertiary/aromatic N) is 3. The average molecular weight is 339 g/mol. The summed E-state index contributed by atoms with van der Waals surface area (Å²) in [5.74, 6) is 0.592. The zero-order valence-corrected chi connectivity index (χ0v) is 13.5. The Morgan fingerprint density at radius 1 is 1.52 bits per heavy atom. The summed E-state index contributed by atoms with van der Waals surface area (Å²) in [6.45, 7) is 1.96. The maximum atomic E-state index is 12.3. The normalized spacial score (nSPS) is 10.4. The van der Waals surface area contributed by atoms with E-state index in [2.05, 4.69) is 9.97 Å². The van der Waals surface area contributed by atoms with Crippen molar-refractivity contribution in [2.45, 2.75) is 13.5 Å². The van der Waals surface area contributed by atoms with Gasteiger partial charge >= 0.3 is 0 Å². The first-order chi connectivity index (χ1) is 10.8. The van der Waals surface area contributed by atoms with Crippen molar-refractivity contribution in [1.82, 2.24) is 9.97 Å². The minimum absolute atomic E-state index is 0.136. The molecule has 0 aliphatic rings. The van der Waals surface area contributed by atoms with E-state index in [1.54, 1.807) is 25.1 Å². The number of halogens is 1. The van der Waals surface area contributed by atoms with Crippen LogP contribution < -0.4 is 15.1 Å².